The molecule has 0 spiro atoms. The molecule has 0 saturated heterocycles. The molecule has 0 aromatic carbocycles. The molecule has 0 bridgehead atoms. The van der Waals surface area contributed by atoms with Gasteiger partial charge in [0.1, 0.15) is 0 Å². The van der Waals surface area contributed by atoms with Gasteiger partial charge in [-0.1, -0.05) is 0 Å². The van der Waals surface area contributed by atoms with Crippen molar-refractivity contribution in [1.29, 1.82) is 0 Å². The molecule has 0 N–H and O–H groups in total. The Morgan fingerprint density at radius 2 is 2.00 bits per heavy atom. The molecule has 0 heterocycles. The predicted octanol–water partition coefficient (Wildman–Crippen LogP) is -4.78. The second kappa shape index (κ2) is 13.4. The van der Waals surface area contributed by atoms with E-state index in [9.17, 15) is 0 Å². The largest absolute Gasteiger partial charge is 1.00 e. The molecule has 0 aromatic rings. The van der Waals surface area contributed by atoms with Gasteiger partial charge >= 0.3 is 18.9 Å². The Balaban J connectivity index is 0. The topological polar surface area (TPSA) is 14.1 Å². The maximum Gasteiger partial charge on any atom is 1.00 e. The summed E-state index contributed by atoms with van der Waals surface area (Å²) in [6.07, 6.45) is 1.10. The van der Waals surface area contributed by atoms with Crippen LogP contribution in [0.25, 0.3) is 5.32 Å². The summed E-state index contributed by atoms with van der Waals surface area (Å²) in [6.45, 7) is 0. The predicted molar refractivity (Wildman–Crippen MR) is 48.7 cm³/mol. The van der Waals surface area contributed by atoms with E-state index in [0.29, 0.717) is 0 Å². The fourth-order valence-electron chi connectivity index (χ4n) is 0.225. The molecule has 1 nitrogen and oxygen atoms in total. The van der Waals surface area contributed by atoms with Crippen LogP contribution in [-0.4, -0.2) is 66.2 Å². The summed E-state index contributed by atoms with van der Waals surface area (Å²) in [5.41, 5.74) is 0. The Labute approximate surface area is 89.9 Å². The smallest absolute Gasteiger partial charge is 0.668 e. The number of hydrogen-bond donors (Lipinski definition) is 0. The van der Waals surface area contributed by atoms with Gasteiger partial charge in [-0.3, -0.25) is 0 Å². The standard InChI is InChI=1S/C2H5NSi6.Li/c1-3-2-5-7-9-8-6-4;/h2H2,1H3;/q-1;+1. The van der Waals surface area contributed by atoms with Gasteiger partial charge in [-0.05, 0) is 9.04 Å². The Morgan fingerprint density at radius 1 is 1.30 bits per heavy atom. The van der Waals surface area contributed by atoms with Crippen LogP contribution in [-0.2, 0) is 0 Å². The second-order valence-electron chi connectivity index (χ2n) is 1.15. The van der Waals surface area contributed by atoms with E-state index in [1.807, 2.05) is 7.05 Å². The minimum atomic E-state index is 0. The third-order valence-corrected chi connectivity index (χ3v) is 18.8. The molecule has 43 valence electrons. The van der Waals surface area contributed by atoms with E-state index in [-0.39, 0.29) is 18.9 Å². The summed E-state index contributed by atoms with van der Waals surface area (Å²) < 4.78 is 0. The van der Waals surface area contributed by atoms with Crippen molar-refractivity contribution in [3.63, 3.8) is 0 Å². The molecule has 0 unspecified atom stereocenters. The molecule has 0 aliphatic rings. The molecule has 0 fully saturated rings. The summed E-state index contributed by atoms with van der Waals surface area (Å²) in [5.74, 6) is 0. The van der Waals surface area contributed by atoms with Gasteiger partial charge in [0.15, 0.2) is 0 Å². The van der Waals surface area contributed by atoms with E-state index >= 15 is 0 Å². The Bertz CT molecular complexity index is 49.0. The van der Waals surface area contributed by atoms with Crippen LogP contribution in [0.3, 0.4) is 0 Å². The van der Waals surface area contributed by atoms with Gasteiger partial charge in [0.2, 0.25) is 0 Å². The minimum absolute atomic E-state index is 0. The van der Waals surface area contributed by atoms with Crippen molar-refractivity contribution in [2.45, 2.75) is 0 Å². The van der Waals surface area contributed by atoms with Gasteiger partial charge in [-0.25, -0.2) is 0 Å². The van der Waals surface area contributed by atoms with Crippen LogP contribution in [0.4, 0.5) is 0 Å². The molecule has 13 radical (unpaired) electrons. The van der Waals surface area contributed by atoms with E-state index in [1.54, 1.807) is 0 Å². The zero-order valence-corrected chi connectivity index (χ0v) is 12.2. The van der Waals surface area contributed by atoms with Crippen LogP contribution < -0.4 is 18.9 Å². The first-order chi connectivity index (χ1) is 4.41. The summed E-state index contributed by atoms with van der Waals surface area (Å²) in [4.78, 5) is 0. The molecule has 10 heavy (non-hydrogen) atoms. The van der Waals surface area contributed by atoms with Gasteiger partial charge in [-0.15, -0.1) is 0 Å². The zero-order valence-electron chi connectivity index (χ0n) is 6.15. The Hall–Kier alpha value is 1.86. The number of hydrogen-bond acceptors (Lipinski definition) is 0. The van der Waals surface area contributed by atoms with Crippen molar-refractivity contribution >= 4 is 53.0 Å². The van der Waals surface area contributed by atoms with E-state index in [4.69, 9.17) is 0 Å². The molecule has 0 atom stereocenters. The van der Waals surface area contributed by atoms with Crippen LogP contribution >= 0.6 is 0 Å². The van der Waals surface area contributed by atoms with Crippen LogP contribution in [0.15, 0.2) is 0 Å². The Kier molecular flexibility index (Phi) is 19.3. The maximum absolute atomic E-state index is 4.05. The third-order valence-electron chi connectivity index (χ3n) is 0.513. The van der Waals surface area contributed by atoms with Crippen molar-refractivity contribution in [1.82, 2.24) is 0 Å². The molecular weight excluding hydrogens is 213 g/mol. The van der Waals surface area contributed by atoms with Crippen molar-refractivity contribution in [2.75, 3.05) is 13.2 Å². The summed E-state index contributed by atoms with van der Waals surface area (Å²) >= 11 is 0. The average molecular weight is 219 g/mol. The summed E-state index contributed by atoms with van der Waals surface area (Å²) in [5, 5.41) is 4.05. The Morgan fingerprint density at radius 3 is 2.50 bits per heavy atom. The van der Waals surface area contributed by atoms with E-state index in [0.717, 1.165) is 23.8 Å². The van der Waals surface area contributed by atoms with E-state index < -0.39 is 0 Å². The minimum Gasteiger partial charge on any atom is -0.668 e. The fraction of sp³-hybridized carbons (Fsp3) is 1.00. The normalized spacial score (nSPS) is 9.00. The molecule has 0 rings (SSSR count). The van der Waals surface area contributed by atoms with Crippen LogP contribution in [0.5, 0.6) is 0 Å². The number of nitrogens with zero attached hydrogens (tertiary/aromatic N) is 1. The third kappa shape index (κ3) is 12.5. The molecule has 0 amide bonds. The maximum atomic E-state index is 4.05. The molecule has 0 aromatic heterocycles. The first-order valence-electron chi connectivity index (χ1n) is 2.37. The van der Waals surface area contributed by atoms with Crippen molar-refractivity contribution in [3.05, 3.63) is 5.32 Å². The molecule has 8 heteroatoms. The van der Waals surface area contributed by atoms with E-state index in [1.165, 1.54) is 25.7 Å². The zero-order chi connectivity index (χ0) is 6.95. The van der Waals surface area contributed by atoms with E-state index in [2.05, 4.69) is 15.1 Å². The van der Waals surface area contributed by atoms with Crippen molar-refractivity contribution in [3.8, 4) is 0 Å². The number of rotatable bonds is 6. The van der Waals surface area contributed by atoms with Crippen LogP contribution in [0, 0.1) is 0 Å². The first-order valence-corrected chi connectivity index (χ1v) is 13.1. The second-order valence-corrected chi connectivity index (χ2v) is 15.9. The van der Waals surface area contributed by atoms with Crippen LogP contribution in [0.1, 0.15) is 0 Å². The van der Waals surface area contributed by atoms with Gasteiger partial charge in [0.05, 0.1) is 0 Å². The van der Waals surface area contributed by atoms with Gasteiger partial charge in [0, 0.05) is 44.0 Å². The molecule has 0 saturated carbocycles. The van der Waals surface area contributed by atoms with Gasteiger partial charge in [-0.2, -0.15) is 13.2 Å². The van der Waals surface area contributed by atoms with Gasteiger partial charge in [0.25, 0.3) is 0 Å². The first kappa shape index (κ1) is 14.4. The SMILES string of the molecule is C[N-]C[Si][Si][Si][Si][Si][Si].[Li+]. The monoisotopic (exact) mass is 218 g/mol. The molecule has 0 aliphatic heterocycles. The van der Waals surface area contributed by atoms with Crippen molar-refractivity contribution < 1.29 is 18.9 Å². The molecular formula is C2H5LiNSi6. The van der Waals surface area contributed by atoms with Crippen LogP contribution in [0.2, 0.25) is 0 Å². The van der Waals surface area contributed by atoms with Crippen molar-refractivity contribution in [2.24, 2.45) is 0 Å². The van der Waals surface area contributed by atoms with Gasteiger partial charge < -0.3 is 5.32 Å². The summed E-state index contributed by atoms with van der Waals surface area (Å²) in [7, 11) is 11.1. The fourth-order valence-corrected chi connectivity index (χ4v) is 20.5. The quantitative estimate of drug-likeness (QED) is 0.314. The average Bonchev–Trinajstić information content (AvgIpc) is 1.89. The molecule has 0 aliphatic carbocycles. The summed E-state index contributed by atoms with van der Waals surface area (Å²) in [6, 6.07) is 0.